The molecule has 1 aromatic carbocycles. The Hall–Kier alpha value is -2.03. The average molecular weight is 223 g/mol. The quantitative estimate of drug-likeness (QED) is 0.684. The van der Waals surface area contributed by atoms with Gasteiger partial charge in [-0.25, -0.2) is 0 Å². The average Bonchev–Trinajstić information content (AvgIpc) is 2.88. The van der Waals surface area contributed by atoms with Gasteiger partial charge in [0.1, 0.15) is 6.17 Å². The molecule has 0 amide bonds. The van der Waals surface area contributed by atoms with Crippen molar-refractivity contribution in [1.29, 1.82) is 0 Å². The summed E-state index contributed by atoms with van der Waals surface area (Å²) in [7, 11) is 2.17. The molecule has 4 rings (SSSR count). The Balaban J connectivity index is 1.95. The second-order valence-corrected chi connectivity index (χ2v) is 4.66. The van der Waals surface area contributed by atoms with E-state index in [0.717, 1.165) is 6.42 Å². The Labute approximate surface area is 100 Å². The zero-order valence-electron chi connectivity index (χ0n) is 9.67. The number of rotatable bonds is 0. The van der Waals surface area contributed by atoms with Gasteiger partial charge in [-0.05, 0) is 23.8 Å². The fourth-order valence-electron chi connectivity index (χ4n) is 2.99. The standard InChI is InChI=1S/C14H13N3/c1-16-12-4-2-3-5-13(12)17-11-6-7-15-9-10(11)8-14(16)17/h2-7,9,14H,8H2,1H3. The van der Waals surface area contributed by atoms with Gasteiger partial charge in [0.2, 0.25) is 0 Å². The number of aromatic nitrogens is 1. The van der Waals surface area contributed by atoms with Crippen LogP contribution in [-0.4, -0.2) is 18.2 Å². The van der Waals surface area contributed by atoms with E-state index in [0.29, 0.717) is 6.17 Å². The monoisotopic (exact) mass is 223 g/mol. The van der Waals surface area contributed by atoms with Gasteiger partial charge in [-0.15, -0.1) is 0 Å². The number of fused-ring (bicyclic) bond motifs is 5. The van der Waals surface area contributed by atoms with E-state index in [1.165, 1.54) is 22.6 Å². The van der Waals surface area contributed by atoms with Crippen molar-refractivity contribution in [2.24, 2.45) is 0 Å². The third-order valence-electron chi connectivity index (χ3n) is 3.81. The van der Waals surface area contributed by atoms with Crippen LogP contribution in [0.5, 0.6) is 0 Å². The van der Waals surface area contributed by atoms with Crippen LogP contribution >= 0.6 is 0 Å². The Bertz CT molecular complexity index is 594. The lowest BCUT2D eigenvalue weighted by atomic mass is 10.2. The number of likely N-dealkylation sites (N-methyl/N-ethyl adjacent to an activating group) is 1. The Kier molecular flexibility index (Phi) is 1.60. The molecule has 0 aliphatic carbocycles. The molecule has 2 aliphatic rings. The molecule has 1 aromatic heterocycles. The van der Waals surface area contributed by atoms with Crippen molar-refractivity contribution in [2.45, 2.75) is 12.6 Å². The van der Waals surface area contributed by atoms with Gasteiger partial charge in [0.15, 0.2) is 0 Å². The van der Waals surface area contributed by atoms with Crippen LogP contribution in [0, 0.1) is 0 Å². The third-order valence-corrected chi connectivity index (χ3v) is 3.81. The number of benzene rings is 1. The molecule has 0 spiro atoms. The maximum atomic E-state index is 4.22. The van der Waals surface area contributed by atoms with Crippen molar-refractivity contribution in [3.63, 3.8) is 0 Å². The molecule has 0 saturated carbocycles. The maximum Gasteiger partial charge on any atom is 0.110 e. The fraction of sp³-hybridized carbons (Fsp3) is 0.214. The van der Waals surface area contributed by atoms with Crippen molar-refractivity contribution in [1.82, 2.24) is 4.98 Å². The minimum Gasteiger partial charge on any atom is -0.352 e. The minimum absolute atomic E-state index is 0.423. The lowest BCUT2D eigenvalue weighted by Crippen LogP contribution is -2.35. The minimum atomic E-state index is 0.423. The van der Waals surface area contributed by atoms with Gasteiger partial charge in [-0.2, -0.15) is 0 Å². The van der Waals surface area contributed by atoms with Crippen LogP contribution in [0.25, 0.3) is 0 Å². The van der Waals surface area contributed by atoms with Crippen LogP contribution in [-0.2, 0) is 6.42 Å². The normalized spacial score (nSPS) is 20.2. The molecule has 3 nitrogen and oxygen atoms in total. The van der Waals surface area contributed by atoms with E-state index in [-0.39, 0.29) is 0 Å². The van der Waals surface area contributed by atoms with Crippen LogP contribution in [0.2, 0.25) is 0 Å². The van der Waals surface area contributed by atoms with Gasteiger partial charge < -0.3 is 9.80 Å². The van der Waals surface area contributed by atoms with E-state index < -0.39 is 0 Å². The summed E-state index contributed by atoms with van der Waals surface area (Å²) in [5, 5.41) is 0. The first-order chi connectivity index (χ1) is 8.36. The van der Waals surface area contributed by atoms with Crippen LogP contribution < -0.4 is 9.80 Å². The number of pyridine rings is 1. The van der Waals surface area contributed by atoms with Crippen LogP contribution in [0.4, 0.5) is 17.1 Å². The number of para-hydroxylation sites is 2. The number of nitrogens with zero attached hydrogens (tertiary/aromatic N) is 3. The highest BCUT2D eigenvalue weighted by Crippen LogP contribution is 2.48. The van der Waals surface area contributed by atoms with Crippen molar-refractivity contribution in [3.05, 3.63) is 48.3 Å². The first kappa shape index (κ1) is 9.05. The Morgan fingerprint density at radius 1 is 1.12 bits per heavy atom. The topological polar surface area (TPSA) is 19.4 Å². The van der Waals surface area contributed by atoms with E-state index in [9.17, 15) is 0 Å². The predicted octanol–water partition coefficient (Wildman–Crippen LogP) is 2.55. The van der Waals surface area contributed by atoms with Crippen LogP contribution in [0.1, 0.15) is 5.56 Å². The second kappa shape index (κ2) is 3.00. The molecule has 84 valence electrons. The molecule has 0 saturated heterocycles. The fourth-order valence-corrected chi connectivity index (χ4v) is 2.99. The lowest BCUT2D eigenvalue weighted by Gasteiger charge is -2.23. The molecule has 0 N–H and O–H groups in total. The lowest BCUT2D eigenvalue weighted by molar-refractivity contribution is 0.703. The highest BCUT2D eigenvalue weighted by molar-refractivity contribution is 5.86. The molecule has 0 bridgehead atoms. The molecular weight excluding hydrogens is 210 g/mol. The van der Waals surface area contributed by atoms with Crippen molar-refractivity contribution < 1.29 is 0 Å². The summed E-state index contributed by atoms with van der Waals surface area (Å²) in [5.74, 6) is 0. The van der Waals surface area contributed by atoms with E-state index in [2.05, 4.69) is 52.2 Å². The summed E-state index contributed by atoms with van der Waals surface area (Å²) >= 11 is 0. The molecule has 1 unspecified atom stereocenters. The van der Waals surface area contributed by atoms with Gasteiger partial charge in [0, 0.05) is 31.5 Å². The predicted molar refractivity (Wildman–Crippen MR) is 68.7 cm³/mol. The third kappa shape index (κ3) is 1.04. The zero-order chi connectivity index (χ0) is 11.4. The largest absolute Gasteiger partial charge is 0.352 e. The molecule has 1 atom stereocenters. The molecule has 0 radical (unpaired) electrons. The van der Waals surface area contributed by atoms with Crippen molar-refractivity contribution >= 4 is 17.1 Å². The van der Waals surface area contributed by atoms with Crippen molar-refractivity contribution in [2.75, 3.05) is 16.8 Å². The summed E-state index contributed by atoms with van der Waals surface area (Å²) in [6.45, 7) is 0. The molecule has 17 heavy (non-hydrogen) atoms. The van der Waals surface area contributed by atoms with E-state index in [1.807, 2.05) is 12.4 Å². The number of anilines is 3. The SMILES string of the molecule is CN1c2ccccc2N2c3ccncc3CC12. The molecule has 2 aromatic rings. The highest BCUT2D eigenvalue weighted by atomic mass is 15.4. The van der Waals surface area contributed by atoms with Gasteiger partial charge in [-0.3, -0.25) is 4.98 Å². The van der Waals surface area contributed by atoms with Gasteiger partial charge >= 0.3 is 0 Å². The molecule has 0 fully saturated rings. The van der Waals surface area contributed by atoms with Gasteiger partial charge in [-0.1, -0.05) is 12.1 Å². The molecule has 2 aliphatic heterocycles. The highest BCUT2D eigenvalue weighted by Gasteiger charge is 2.40. The first-order valence-corrected chi connectivity index (χ1v) is 5.90. The summed E-state index contributed by atoms with van der Waals surface area (Å²) in [6.07, 6.45) is 5.34. The van der Waals surface area contributed by atoms with E-state index in [4.69, 9.17) is 0 Å². The molecule has 3 heterocycles. The summed E-state index contributed by atoms with van der Waals surface area (Å²) in [5.41, 5.74) is 5.28. The Morgan fingerprint density at radius 2 is 1.94 bits per heavy atom. The molecular formula is C14H13N3. The Morgan fingerprint density at radius 3 is 2.82 bits per heavy atom. The maximum absolute atomic E-state index is 4.22. The smallest absolute Gasteiger partial charge is 0.110 e. The zero-order valence-corrected chi connectivity index (χ0v) is 9.67. The van der Waals surface area contributed by atoms with Crippen LogP contribution in [0.15, 0.2) is 42.7 Å². The summed E-state index contributed by atoms with van der Waals surface area (Å²) in [6, 6.07) is 10.7. The number of hydrogen-bond acceptors (Lipinski definition) is 3. The van der Waals surface area contributed by atoms with Gasteiger partial charge in [0.25, 0.3) is 0 Å². The first-order valence-electron chi connectivity index (χ1n) is 5.90. The summed E-state index contributed by atoms with van der Waals surface area (Å²) < 4.78 is 0. The second-order valence-electron chi connectivity index (χ2n) is 4.66. The number of hydrogen-bond donors (Lipinski definition) is 0. The van der Waals surface area contributed by atoms with Crippen molar-refractivity contribution in [3.8, 4) is 0 Å². The van der Waals surface area contributed by atoms with E-state index >= 15 is 0 Å². The van der Waals surface area contributed by atoms with Crippen LogP contribution in [0.3, 0.4) is 0 Å². The van der Waals surface area contributed by atoms with Gasteiger partial charge in [0.05, 0.1) is 11.4 Å². The summed E-state index contributed by atoms with van der Waals surface area (Å²) in [4.78, 5) is 9.00. The molecule has 3 heteroatoms. The van der Waals surface area contributed by atoms with E-state index in [1.54, 1.807) is 0 Å².